The number of halogens is 3. The van der Waals surface area contributed by atoms with Crippen molar-refractivity contribution in [3.63, 3.8) is 0 Å². The molecule has 2 aromatic rings. The molecule has 0 bridgehead atoms. The molecule has 3 amide bonds. The van der Waals surface area contributed by atoms with Crippen LogP contribution in [0.3, 0.4) is 0 Å². The van der Waals surface area contributed by atoms with Crippen LogP contribution < -0.4 is 9.47 Å². The number of imide groups is 1. The van der Waals surface area contributed by atoms with Crippen LogP contribution in [0.1, 0.15) is 24.0 Å². The van der Waals surface area contributed by atoms with Crippen LogP contribution in [0.2, 0.25) is 15.1 Å². The molecule has 11 heteroatoms. The van der Waals surface area contributed by atoms with E-state index in [2.05, 4.69) is 0 Å². The molecule has 2 aromatic carbocycles. The van der Waals surface area contributed by atoms with E-state index in [1.54, 1.807) is 41.3 Å². The molecule has 0 saturated carbocycles. The Morgan fingerprint density at radius 3 is 2.49 bits per heavy atom. The fourth-order valence-corrected chi connectivity index (χ4v) is 5.17. The minimum Gasteiger partial charge on any atom is -0.493 e. The van der Waals surface area contributed by atoms with Crippen LogP contribution in [0.25, 0.3) is 6.08 Å². The molecule has 4 rings (SSSR count). The lowest BCUT2D eigenvalue weighted by Crippen LogP contribution is -2.40. The first-order chi connectivity index (χ1) is 16.8. The molecule has 0 aliphatic carbocycles. The van der Waals surface area contributed by atoms with Gasteiger partial charge in [0.1, 0.15) is 13.2 Å². The van der Waals surface area contributed by atoms with Gasteiger partial charge in [-0.15, -0.1) is 0 Å². The Morgan fingerprint density at radius 1 is 1.06 bits per heavy atom. The van der Waals surface area contributed by atoms with Gasteiger partial charge in [-0.3, -0.25) is 19.3 Å². The zero-order chi connectivity index (χ0) is 25.1. The largest absolute Gasteiger partial charge is 0.493 e. The Kier molecular flexibility index (Phi) is 8.16. The maximum Gasteiger partial charge on any atom is 0.294 e. The Balaban J connectivity index is 1.49. The standard InChI is InChI=1S/C24H21Cl3N2O5S/c1-33-19-10-15(9-18(27)22(19)34-13-14-4-5-16(25)17(26)8-14)11-20-23(31)29(24(32)35-20)12-21(30)28-6-2-3-7-28/h4-5,8-11H,2-3,6-7,12-13H2,1H3/b20-11+. The number of rotatable bonds is 7. The van der Waals surface area contributed by atoms with Gasteiger partial charge in [-0.1, -0.05) is 40.9 Å². The molecule has 2 saturated heterocycles. The van der Waals surface area contributed by atoms with Gasteiger partial charge in [-0.2, -0.15) is 0 Å². The van der Waals surface area contributed by atoms with Gasteiger partial charge in [-0.05, 0) is 66.1 Å². The van der Waals surface area contributed by atoms with E-state index in [4.69, 9.17) is 44.3 Å². The van der Waals surface area contributed by atoms with E-state index in [0.29, 0.717) is 40.2 Å². The smallest absolute Gasteiger partial charge is 0.294 e. The van der Waals surface area contributed by atoms with Crippen LogP contribution in [0.5, 0.6) is 11.5 Å². The van der Waals surface area contributed by atoms with Crippen LogP contribution in [0.15, 0.2) is 35.2 Å². The summed E-state index contributed by atoms with van der Waals surface area (Å²) >= 11 is 19.3. The topological polar surface area (TPSA) is 76.2 Å². The number of likely N-dealkylation sites (tertiary alicyclic amines) is 1. The van der Waals surface area contributed by atoms with Crippen molar-refractivity contribution in [3.8, 4) is 11.5 Å². The van der Waals surface area contributed by atoms with Crippen LogP contribution in [0.4, 0.5) is 4.79 Å². The third-order valence-electron chi connectivity index (χ3n) is 5.54. The average Bonchev–Trinajstić information content (AvgIpc) is 3.45. The number of benzene rings is 2. The number of carbonyl (C=O) groups is 3. The molecule has 2 fully saturated rings. The first-order valence-electron chi connectivity index (χ1n) is 10.7. The van der Waals surface area contributed by atoms with Gasteiger partial charge in [0.25, 0.3) is 11.1 Å². The summed E-state index contributed by atoms with van der Waals surface area (Å²) in [4.78, 5) is 40.5. The van der Waals surface area contributed by atoms with E-state index in [-0.39, 0.29) is 29.0 Å². The lowest BCUT2D eigenvalue weighted by molar-refractivity contribution is -0.135. The second kappa shape index (κ2) is 11.1. The fraction of sp³-hybridized carbons (Fsp3) is 0.292. The summed E-state index contributed by atoms with van der Waals surface area (Å²) in [7, 11) is 1.47. The molecular formula is C24H21Cl3N2O5S. The summed E-state index contributed by atoms with van der Waals surface area (Å²) in [5.41, 5.74) is 1.34. The van der Waals surface area contributed by atoms with Crippen molar-refractivity contribution in [2.75, 3.05) is 26.7 Å². The zero-order valence-electron chi connectivity index (χ0n) is 18.7. The average molecular weight is 556 g/mol. The number of hydrogen-bond acceptors (Lipinski definition) is 6. The van der Waals surface area contributed by atoms with Crippen molar-refractivity contribution in [2.45, 2.75) is 19.4 Å². The highest BCUT2D eigenvalue weighted by atomic mass is 35.5. The summed E-state index contributed by atoms with van der Waals surface area (Å²) in [6, 6.07) is 8.42. The first kappa shape index (κ1) is 25.7. The number of hydrogen-bond donors (Lipinski definition) is 0. The molecule has 7 nitrogen and oxygen atoms in total. The van der Waals surface area contributed by atoms with Crippen LogP contribution in [-0.2, 0) is 16.2 Å². The normalized spacial score (nSPS) is 17.0. The number of nitrogens with zero attached hydrogens (tertiary/aromatic N) is 2. The Hall–Kier alpha value is -2.39. The molecule has 0 unspecified atom stereocenters. The number of carbonyl (C=O) groups excluding carboxylic acids is 3. The third kappa shape index (κ3) is 5.89. The minimum absolute atomic E-state index is 0.177. The van der Waals surface area contributed by atoms with Crippen LogP contribution >= 0.6 is 46.6 Å². The predicted molar refractivity (Wildman–Crippen MR) is 137 cm³/mol. The molecule has 0 radical (unpaired) electrons. The Bertz CT molecular complexity index is 1210. The van der Waals surface area contributed by atoms with Crippen molar-refractivity contribution in [2.24, 2.45) is 0 Å². The molecule has 0 spiro atoms. The summed E-state index contributed by atoms with van der Waals surface area (Å²) in [5.74, 6) is -0.0595. The number of ether oxygens (including phenoxy) is 2. The second-order valence-electron chi connectivity index (χ2n) is 7.93. The van der Waals surface area contributed by atoms with Gasteiger partial charge in [0.05, 0.1) is 27.1 Å². The van der Waals surface area contributed by atoms with Crippen LogP contribution in [-0.4, -0.2) is 53.6 Å². The van der Waals surface area contributed by atoms with Crippen molar-refractivity contribution >= 4 is 69.7 Å². The highest BCUT2D eigenvalue weighted by molar-refractivity contribution is 8.18. The van der Waals surface area contributed by atoms with E-state index < -0.39 is 11.1 Å². The Morgan fingerprint density at radius 2 is 1.80 bits per heavy atom. The maximum absolute atomic E-state index is 12.8. The summed E-state index contributed by atoms with van der Waals surface area (Å²) in [5, 5.41) is 0.644. The van der Waals surface area contributed by atoms with Gasteiger partial charge < -0.3 is 14.4 Å². The van der Waals surface area contributed by atoms with Crippen molar-refractivity contribution < 1.29 is 23.9 Å². The molecule has 2 heterocycles. The van der Waals surface area contributed by atoms with E-state index >= 15 is 0 Å². The van der Waals surface area contributed by atoms with Gasteiger partial charge in [0, 0.05) is 13.1 Å². The van der Waals surface area contributed by atoms with Gasteiger partial charge in [0.15, 0.2) is 11.5 Å². The lowest BCUT2D eigenvalue weighted by atomic mass is 10.1. The lowest BCUT2D eigenvalue weighted by Gasteiger charge is -2.18. The van der Waals surface area contributed by atoms with E-state index in [9.17, 15) is 14.4 Å². The predicted octanol–water partition coefficient (Wildman–Crippen LogP) is 5.89. The van der Waals surface area contributed by atoms with E-state index in [1.165, 1.54) is 7.11 Å². The van der Waals surface area contributed by atoms with Gasteiger partial charge in [0.2, 0.25) is 5.91 Å². The monoisotopic (exact) mass is 554 g/mol. The summed E-state index contributed by atoms with van der Waals surface area (Å²) < 4.78 is 11.3. The first-order valence-corrected chi connectivity index (χ1v) is 12.7. The second-order valence-corrected chi connectivity index (χ2v) is 10.1. The summed E-state index contributed by atoms with van der Waals surface area (Å²) in [6.07, 6.45) is 3.41. The summed E-state index contributed by atoms with van der Waals surface area (Å²) in [6.45, 7) is 1.23. The van der Waals surface area contributed by atoms with E-state index in [0.717, 1.165) is 35.1 Å². The third-order valence-corrected chi connectivity index (χ3v) is 7.47. The molecule has 2 aliphatic rings. The molecule has 184 valence electrons. The molecule has 0 atom stereocenters. The van der Waals surface area contributed by atoms with Gasteiger partial charge in [-0.25, -0.2) is 0 Å². The maximum atomic E-state index is 12.8. The molecule has 0 aromatic heterocycles. The van der Waals surface area contributed by atoms with Gasteiger partial charge >= 0.3 is 0 Å². The highest BCUT2D eigenvalue weighted by Crippen LogP contribution is 2.39. The number of thioether (sulfide) groups is 1. The fourth-order valence-electron chi connectivity index (χ4n) is 3.74. The Labute approximate surface area is 221 Å². The molecule has 35 heavy (non-hydrogen) atoms. The number of amides is 3. The highest BCUT2D eigenvalue weighted by Gasteiger charge is 2.37. The minimum atomic E-state index is -0.512. The van der Waals surface area contributed by atoms with Crippen molar-refractivity contribution in [1.82, 2.24) is 9.80 Å². The van der Waals surface area contributed by atoms with Crippen molar-refractivity contribution in [1.29, 1.82) is 0 Å². The SMILES string of the molecule is COc1cc(/C=C2/SC(=O)N(CC(=O)N3CCCC3)C2=O)cc(Cl)c1OCc1ccc(Cl)c(Cl)c1. The molecule has 0 N–H and O–H groups in total. The van der Waals surface area contributed by atoms with Crippen molar-refractivity contribution in [3.05, 3.63) is 61.4 Å². The zero-order valence-corrected chi connectivity index (χ0v) is 21.8. The van der Waals surface area contributed by atoms with Crippen LogP contribution in [0, 0.1) is 0 Å². The quantitative estimate of drug-likeness (QED) is 0.396. The molecule has 2 aliphatic heterocycles. The molecular weight excluding hydrogens is 535 g/mol. The van der Waals surface area contributed by atoms with E-state index in [1.807, 2.05) is 0 Å². The number of methoxy groups -OCH3 is 1.